The zero-order chi connectivity index (χ0) is 24.9. The molecule has 2 heterocycles. The first-order chi connectivity index (χ1) is 17.4. The average molecular weight is 483 g/mol. The molecule has 2 aromatic carbocycles. The molecular formula is C30H34N4O2. The Kier molecular flexibility index (Phi) is 5.66. The molecule has 0 atom stereocenters. The van der Waals surface area contributed by atoms with Gasteiger partial charge in [-0.1, -0.05) is 29.4 Å². The number of anilines is 2. The molecule has 0 unspecified atom stereocenters. The van der Waals surface area contributed by atoms with Crippen LogP contribution in [-0.2, 0) is 10.2 Å². The van der Waals surface area contributed by atoms with Crippen LogP contribution in [0.4, 0.5) is 11.4 Å². The second-order valence-electron chi connectivity index (χ2n) is 11.1. The van der Waals surface area contributed by atoms with E-state index in [-0.39, 0.29) is 10.8 Å². The normalized spacial score (nSPS) is 19.4. The summed E-state index contributed by atoms with van der Waals surface area (Å²) in [6, 6.07) is 17.9. The molecule has 186 valence electrons. The van der Waals surface area contributed by atoms with E-state index in [4.69, 9.17) is 9.26 Å². The molecule has 6 heteroatoms. The monoisotopic (exact) mass is 482 g/mol. The minimum absolute atomic E-state index is 0.171. The van der Waals surface area contributed by atoms with Crippen LogP contribution in [0.2, 0.25) is 0 Å². The standard InChI is InChI=1S/C30H34N4O2/c1-20-4-5-23(28-21(2)33-36-22(28)3)14-27(20)34(18-29(10-11-29)19-35-26-15-32-16-26)25-8-6-24(7-9-25)30(17-31)12-13-30/h4-9,14,26,32H,10-13,15-16,18-19H2,1-3H3. The van der Waals surface area contributed by atoms with Crippen molar-refractivity contribution in [2.75, 3.05) is 31.1 Å². The van der Waals surface area contributed by atoms with Gasteiger partial charge < -0.3 is 19.5 Å². The minimum atomic E-state index is -0.273. The van der Waals surface area contributed by atoms with Crippen molar-refractivity contribution in [2.45, 2.75) is 58.0 Å². The fourth-order valence-corrected chi connectivity index (χ4v) is 5.35. The fourth-order valence-electron chi connectivity index (χ4n) is 5.35. The summed E-state index contributed by atoms with van der Waals surface area (Å²) in [4.78, 5) is 2.46. The van der Waals surface area contributed by atoms with E-state index in [1.54, 1.807) is 0 Å². The molecule has 1 aliphatic heterocycles. The van der Waals surface area contributed by atoms with Gasteiger partial charge in [-0.2, -0.15) is 5.26 Å². The summed E-state index contributed by atoms with van der Waals surface area (Å²) in [7, 11) is 0. The third kappa shape index (κ3) is 4.21. The Balaban J connectivity index is 1.36. The van der Waals surface area contributed by atoms with Crippen molar-refractivity contribution in [2.24, 2.45) is 5.41 Å². The van der Waals surface area contributed by atoms with Crippen LogP contribution in [0.3, 0.4) is 0 Å². The van der Waals surface area contributed by atoms with Gasteiger partial charge in [0.2, 0.25) is 0 Å². The van der Waals surface area contributed by atoms with Crippen molar-refractivity contribution in [3.8, 4) is 17.2 Å². The van der Waals surface area contributed by atoms with Gasteiger partial charge in [-0.15, -0.1) is 0 Å². The Morgan fingerprint density at radius 3 is 2.39 bits per heavy atom. The van der Waals surface area contributed by atoms with Gasteiger partial charge in [0.1, 0.15) is 5.76 Å². The summed E-state index contributed by atoms with van der Waals surface area (Å²) in [5, 5.41) is 17.2. The Bertz CT molecular complexity index is 1290. The molecule has 3 aliphatic rings. The summed E-state index contributed by atoms with van der Waals surface area (Å²) < 4.78 is 11.7. The maximum Gasteiger partial charge on any atom is 0.141 e. The molecule has 3 aromatic rings. The predicted molar refractivity (Wildman–Crippen MR) is 140 cm³/mol. The molecule has 2 saturated carbocycles. The molecule has 0 spiro atoms. The van der Waals surface area contributed by atoms with E-state index in [1.807, 2.05) is 13.8 Å². The molecule has 1 saturated heterocycles. The summed E-state index contributed by atoms with van der Waals surface area (Å²) >= 11 is 0. The molecule has 1 aromatic heterocycles. The van der Waals surface area contributed by atoms with Gasteiger partial charge in [0.05, 0.1) is 29.9 Å². The Hall–Kier alpha value is -3.14. The smallest absolute Gasteiger partial charge is 0.141 e. The summed E-state index contributed by atoms with van der Waals surface area (Å²) in [6.45, 7) is 9.77. The SMILES string of the molecule is Cc1ccc(-c2c(C)noc2C)cc1N(CC1(COC2CNC2)CC1)c1ccc(C2(C#N)CC2)cc1. The van der Waals surface area contributed by atoms with Gasteiger partial charge in [-0.3, -0.25) is 0 Å². The van der Waals surface area contributed by atoms with Crippen molar-refractivity contribution in [3.63, 3.8) is 0 Å². The second kappa shape index (κ2) is 8.76. The number of rotatable bonds is 9. The van der Waals surface area contributed by atoms with Gasteiger partial charge in [-0.25, -0.2) is 0 Å². The number of hydrogen-bond acceptors (Lipinski definition) is 6. The lowest BCUT2D eigenvalue weighted by Crippen LogP contribution is -2.49. The lowest BCUT2D eigenvalue weighted by molar-refractivity contribution is -0.00476. The van der Waals surface area contributed by atoms with Gasteiger partial charge in [0, 0.05) is 42.0 Å². The van der Waals surface area contributed by atoms with Crippen LogP contribution in [0.5, 0.6) is 0 Å². The largest absolute Gasteiger partial charge is 0.375 e. The topological polar surface area (TPSA) is 74.3 Å². The average Bonchev–Trinajstić information content (AvgIpc) is 3.78. The van der Waals surface area contributed by atoms with Crippen LogP contribution in [-0.4, -0.2) is 37.5 Å². The van der Waals surface area contributed by atoms with Gasteiger partial charge in [0.25, 0.3) is 0 Å². The summed E-state index contributed by atoms with van der Waals surface area (Å²) in [5.74, 6) is 0.839. The minimum Gasteiger partial charge on any atom is -0.375 e. The van der Waals surface area contributed by atoms with E-state index in [0.717, 1.165) is 72.9 Å². The van der Waals surface area contributed by atoms with E-state index in [9.17, 15) is 5.26 Å². The van der Waals surface area contributed by atoms with Crippen LogP contribution in [0.25, 0.3) is 11.1 Å². The zero-order valence-corrected chi connectivity index (χ0v) is 21.4. The maximum absolute atomic E-state index is 9.67. The van der Waals surface area contributed by atoms with Crippen LogP contribution >= 0.6 is 0 Å². The van der Waals surface area contributed by atoms with E-state index in [0.29, 0.717) is 6.10 Å². The number of aryl methyl sites for hydroxylation is 3. The molecule has 0 amide bonds. The zero-order valence-electron chi connectivity index (χ0n) is 21.4. The molecule has 2 aliphatic carbocycles. The summed E-state index contributed by atoms with van der Waals surface area (Å²) in [6.07, 6.45) is 4.63. The molecule has 3 fully saturated rings. The third-order valence-corrected chi connectivity index (χ3v) is 8.34. The van der Waals surface area contributed by atoms with Crippen molar-refractivity contribution in [3.05, 3.63) is 65.0 Å². The van der Waals surface area contributed by atoms with Crippen LogP contribution in [0, 0.1) is 37.5 Å². The van der Waals surface area contributed by atoms with Gasteiger partial charge >= 0.3 is 0 Å². The number of aromatic nitrogens is 1. The van der Waals surface area contributed by atoms with E-state index in [1.165, 1.54) is 24.1 Å². The number of benzene rings is 2. The Morgan fingerprint density at radius 1 is 1.08 bits per heavy atom. The highest BCUT2D eigenvalue weighted by Gasteiger charge is 2.46. The number of hydrogen-bond donors (Lipinski definition) is 1. The molecular weight excluding hydrogens is 448 g/mol. The molecule has 0 radical (unpaired) electrons. The highest BCUT2D eigenvalue weighted by molar-refractivity contribution is 5.76. The first-order valence-electron chi connectivity index (χ1n) is 13.1. The number of nitrogens with zero attached hydrogens (tertiary/aromatic N) is 3. The number of nitriles is 1. The van der Waals surface area contributed by atoms with Gasteiger partial charge in [-0.05, 0) is 81.3 Å². The van der Waals surface area contributed by atoms with Crippen LogP contribution < -0.4 is 10.2 Å². The molecule has 6 nitrogen and oxygen atoms in total. The number of ether oxygens (including phenoxy) is 1. The first-order valence-corrected chi connectivity index (χ1v) is 13.1. The van der Waals surface area contributed by atoms with Crippen molar-refractivity contribution < 1.29 is 9.26 Å². The first kappa shape index (κ1) is 23.3. The lowest BCUT2D eigenvalue weighted by atomic mass is 9.96. The summed E-state index contributed by atoms with van der Waals surface area (Å²) in [5.41, 5.74) is 7.71. The quantitative estimate of drug-likeness (QED) is 0.420. The van der Waals surface area contributed by atoms with E-state index >= 15 is 0 Å². The Morgan fingerprint density at radius 2 is 1.83 bits per heavy atom. The lowest BCUT2D eigenvalue weighted by Gasteiger charge is -2.34. The molecule has 1 N–H and O–H groups in total. The van der Waals surface area contributed by atoms with Crippen molar-refractivity contribution >= 4 is 11.4 Å². The highest BCUT2D eigenvalue weighted by atomic mass is 16.5. The van der Waals surface area contributed by atoms with Gasteiger partial charge in [0.15, 0.2) is 0 Å². The van der Waals surface area contributed by atoms with E-state index < -0.39 is 0 Å². The number of nitrogens with one attached hydrogen (secondary N) is 1. The third-order valence-electron chi connectivity index (χ3n) is 8.34. The predicted octanol–water partition coefficient (Wildman–Crippen LogP) is 5.73. The fraction of sp³-hybridized carbons (Fsp3) is 0.467. The van der Waals surface area contributed by atoms with Crippen molar-refractivity contribution in [1.29, 1.82) is 5.26 Å². The Labute approximate surface area is 213 Å². The van der Waals surface area contributed by atoms with Crippen LogP contribution in [0.1, 0.15) is 48.3 Å². The highest BCUT2D eigenvalue weighted by Crippen LogP contribution is 2.50. The second-order valence-corrected chi connectivity index (χ2v) is 11.1. The van der Waals surface area contributed by atoms with Crippen LogP contribution in [0.15, 0.2) is 47.0 Å². The van der Waals surface area contributed by atoms with Crippen molar-refractivity contribution in [1.82, 2.24) is 10.5 Å². The molecule has 0 bridgehead atoms. The molecule has 6 rings (SSSR count). The van der Waals surface area contributed by atoms with E-state index in [2.05, 4.69) is 70.8 Å². The maximum atomic E-state index is 9.67. The molecule has 36 heavy (non-hydrogen) atoms.